The van der Waals surface area contributed by atoms with Crippen LogP contribution in [0, 0.1) is 5.82 Å². The molecule has 1 aliphatic rings. The van der Waals surface area contributed by atoms with E-state index < -0.39 is 35.1 Å². The lowest BCUT2D eigenvalue weighted by molar-refractivity contribution is -0.131. The van der Waals surface area contributed by atoms with Crippen molar-refractivity contribution in [3.8, 4) is 5.75 Å². The van der Waals surface area contributed by atoms with Gasteiger partial charge in [0.05, 0.1) is 13.5 Å². The molecule has 1 aromatic rings. The highest BCUT2D eigenvalue weighted by molar-refractivity contribution is 6.06. The first-order chi connectivity index (χ1) is 12.6. The molecule has 0 spiro atoms. The molecule has 10 heteroatoms. The third-order valence-corrected chi connectivity index (χ3v) is 3.93. The predicted octanol–water partition coefficient (Wildman–Crippen LogP) is 0.245. The second-order valence-electron chi connectivity index (χ2n) is 6.50. The number of hydrogen-bond donors (Lipinski definition) is 3. The number of amides is 5. The molecule has 0 atom stereocenters. The monoisotopic (exact) mass is 380 g/mol. The summed E-state index contributed by atoms with van der Waals surface area (Å²) in [5.74, 6) is -2.08. The first-order valence-electron chi connectivity index (χ1n) is 8.18. The van der Waals surface area contributed by atoms with E-state index in [1.807, 2.05) is 0 Å². The average molecular weight is 380 g/mol. The summed E-state index contributed by atoms with van der Waals surface area (Å²) in [6.07, 6.45) is -0.324. The van der Waals surface area contributed by atoms with Crippen LogP contribution >= 0.6 is 0 Å². The Hall–Kier alpha value is -3.17. The van der Waals surface area contributed by atoms with Gasteiger partial charge in [-0.1, -0.05) is 6.07 Å². The standard InChI is InChI=1S/C17H21FN4O5/c1-17(2)15(25)22(16(26)19-17)7-6-13(23)20-21-14(24)9-10-4-5-12(27-3)11(18)8-10/h4-5,8H,6-7,9H2,1-3H3,(H,19,26)(H,20,23)(H,21,24). The maximum absolute atomic E-state index is 13.6. The van der Waals surface area contributed by atoms with Gasteiger partial charge in [0, 0.05) is 13.0 Å². The number of imide groups is 1. The summed E-state index contributed by atoms with van der Waals surface area (Å²) in [4.78, 5) is 48.3. The lowest BCUT2D eigenvalue weighted by Gasteiger charge is -2.15. The van der Waals surface area contributed by atoms with Gasteiger partial charge in [-0.05, 0) is 31.5 Å². The Morgan fingerprint density at radius 3 is 2.44 bits per heavy atom. The molecular weight excluding hydrogens is 359 g/mol. The smallest absolute Gasteiger partial charge is 0.325 e. The Labute approximate surface area is 155 Å². The Bertz CT molecular complexity index is 781. The molecule has 3 N–H and O–H groups in total. The molecule has 0 aliphatic carbocycles. The summed E-state index contributed by atoms with van der Waals surface area (Å²) >= 11 is 0. The van der Waals surface area contributed by atoms with Crippen LogP contribution in [0.15, 0.2) is 18.2 Å². The topological polar surface area (TPSA) is 117 Å². The molecular formula is C17H21FN4O5. The van der Waals surface area contributed by atoms with E-state index in [1.165, 1.54) is 25.3 Å². The molecule has 27 heavy (non-hydrogen) atoms. The number of hydrazine groups is 1. The number of nitrogens with zero attached hydrogens (tertiary/aromatic N) is 1. The van der Waals surface area contributed by atoms with Crippen LogP contribution in [0.1, 0.15) is 25.8 Å². The molecule has 1 saturated heterocycles. The van der Waals surface area contributed by atoms with E-state index >= 15 is 0 Å². The lowest BCUT2D eigenvalue weighted by atomic mass is 10.1. The normalized spacial score (nSPS) is 15.3. The van der Waals surface area contributed by atoms with Crippen molar-refractivity contribution >= 4 is 23.8 Å². The second-order valence-corrected chi connectivity index (χ2v) is 6.50. The lowest BCUT2D eigenvalue weighted by Crippen LogP contribution is -2.44. The van der Waals surface area contributed by atoms with Crippen LogP contribution < -0.4 is 20.9 Å². The molecule has 1 fully saturated rings. The first-order valence-corrected chi connectivity index (χ1v) is 8.18. The molecule has 0 radical (unpaired) electrons. The number of methoxy groups -OCH3 is 1. The quantitative estimate of drug-likeness (QED) is 0.483. The summed E-state index contributed by atoms with van der Waals surface area (Å²) in [6.45, 7) is 3.02. The van der Waals surface area contributed by atoms with Crippen LogP contribution in [-0.4, -0.2) is 47.8 Å². The fourth-order valence-corrected chi connectivity index (χ4v) is 2.49. The van der Waals surface area contributed by atoms with Gasteiger partial charge in [0.2, 0.25) is 11.8 Å². The van der Waals surface area contributed by atoms with Crippen LogP contribution in [0.25, 0.3) is 0 Å². The van der Waals surface area contributed by atoms with E-state index in [0.717, 1.165) is 4.90 Å². The van der Waals surface area contributed by atoms with E-state index in [1.54, 1.807) is 13.8 Å². The van der Waals surface area contributed by atoms with Gasteiger partial charge in [-0.2, -0.15) is 0 Å². The molecule has 0 unspecified atom stereocenters. The SMILES string of the molecule is COc1ccc(CC(=O)NNC(=O)CCN2C(=O)NC(C)(C)C2=O)cc1F. The van der Waals surface area contributed by atoms with E-state index in [0.29, 0.717) is 5.56 Å². The van der Waals surface area contributed by atoms with Gasteiger partial charge in [0.1, 0.15) is 5.54 Å². The molecule has 146 valence electrons. The number of hydrogen-bond acceptors (Lipinski definition) is 5. The van der Waals surface area contributed by atoms with Crippen molar-refractivity contribution < 1.29 is 28.3 Å². The van der Waals surface area contributed by atoms with Crippen molar-refractivity contribution in [2.45, 2.75) is 32.2 Å². The predicted molar refractivity (Wildman–Crippen MR) is 91.9 cm³/mol. The van der Waals surface area contributed by atoms with Crippen molar-refractivity contribution in [3.63, 3.8) is 0 Å². The molecule has 9 nitrogen and oxygen atoms in total. The molecule has 5 amide bonds. The highest BCUT2D eigenvalue weighted by Gasteiger charge is 2.43. The van der Waals surface area contributed by atoms with Crippen LogP contribution in [0.5, 0.6) is 5.75 Å². The van der Waals surface area contributed by atoms with E-state index in [4.69, 9.17) is 4.74 Å². The maximum Gasteiger partial charge on any atom is 0.325 e. The third-order valence-electron chi connectivity index (χ3n) is 3.93. The highest BCUT2D eigenvalue weighted by atomic mass is 19.1. The van der Waals surface area contributed by atoms with Gasteiger partial charge in [0.15, 0.2) is 11.6 Å². The number of ether oxygens (including phenoxy) is 1. The van der Waals surface area contributed by atoms with Gasteiger partial charge >= 0.3 is 6.03 Å². The Morgan fingerprint density at radius 2 is 1.89 bits per heavy atom. The zero-order valence-corrected chi connectivity index (χ0v) is 15.2. The molecule has 0 saturated carbocycles. The Kier molecular flexibility index (Phi) is 5.98. The van der Waals surface area contributed by atoms with Crippen LogP contribution in [-0.2, 0) is 20.8 Å². The van der Waals surface area contributed by atoms with Gasteiger partial charge in [-0.25, -0.2) is 9.18 Å². The fourth-order valence-electron chi connectivity index (χ4n) is 2.49. The summed E-state index contributed by atoms with van der Waals surface area (Å²) in [7, 11) is 1.33. The molecule has 2 rings (SSSR count). The van der Waals surface area contributed by atoms with Crippen LogP contribution in [0.3, 0.4) is 0 Å². The van der Waals surface area contributed by atoms with E-state index in [-0.39, 0.29) is 25.1 Å². The van der Waals surface area contributed by atoms with Crippen molar-refractivity contribution in [2.75, 3.05) is 13.7 Å². The van der Waals surface area contributed by atoms with Crippen molar-refractivity contribution in [2.24, 2.45) is 0 Å². The van der Waals surface area contributed by atoms with E-state index in [2.05, 4.69) is 16.2 Å². The minimum Gasteiger partial charge on any atom is -0.494 e. The van der Waals surface area contributed by atoms with Crippen molar-refractivity contribution in [3.05, 3.63) is 29.6 Å². The summed E-state index contributed by atoms with van der Waals surface area (Å²) < 4.78 is 18.4. The van der Waals surface area contributed by atoms with Crippen LogP contribution in [0.4, 0.5) is 9.18 Å². The zero-order valence-electron chi connectivity index (χ0n) is 15.2. The molecule has 0 bridgehead atoms. The Morgan fingerprint density at radius 1 is 1.22 bits per heavy atom. The minimum absolute atomic E-state index is 0.0659. The van der Waals surface area contributed by atoms with Gasteiger partial charge in [0.25, 0.3) is 5.91 Å². The second kappa shape index (κ2) is 8.02. The summed E-state index contributed by atoms with van der Waals surface area (Å²) in [6, 6.07) is 3.53. The van der Waals surface area contributed by atoms with Crippen LogP contribution in [0.2, 0.25) is 0 Å². The third kappa shape index (κ3) is 4.93. The van der Waals surface area contributed by atoms with Crippen molar-refractivity contribution in [1.82, 2.24) is 21.1 Å². The van der Waals surface area contributed by atoms with Gasteiger partial charge in [-0.15, -0.1) is 0 Å². The Balaban J connectivity index is 1.77. The molecule has 1 heterocycles. The number of carbonyl (C=O) groups excluding carboxylic acids is 4. The number of urea groups is 1. The number of rotatable bonds is 6. The molecule has 1 aromatic carbocycles. The number of nitrogens with one attached hydrogen (secondary N) is 3. The van der Waals surface area contributed by atoms with E-state index in [9.17, 15) is 23.6 Å². The first kappa shape index (κ1) is 20.1. The average Bonchev–Trinajstić information content (AvgIpc) is 2.79. The summed E-state index contributed by atoms with van der Waals surface area (Å²) in [5, 5.41) is 2.50. The summed E-state index contributed by atoms with van der Waals surface area (Å²) in [5.41, 5.74) is 3.78. The largest absolute Gasteiger partial charge is 0.494 e. The number of benzene rings is 1. The van der Waals surface area contributed by atoms with Gasteiger partial charge in [-0.3, -0.25) is 30.1 Å². The number of carbonyl (C=O) groups is 4. The molecule has 1 aliphatic heterocycles. The van der Waals surface area contributed by atoms with Crippen molar-refractivity contribution in [1.29, 1.82) is 0 Å². The number of halogens is 1. The highest BCUT2D eigenvalue weighted by Crippen LogP contribution is 2.18. The minimum atomic E-state index is -1.00. The zero-order chi connectivity index (χ0) is 20.2. The maximum atomic E-state index is 13.6. The molecule has 0 aromatic heterocycles. The fraction of sp³-hybridized carbons (Fsp3) is 0.412. The van der Waals surface area contributed by atoms with Gasteiger partial charge < -0.3 is 10.1 Å².